The molecule has 0 spiro atoms. The number of nitrogen functional groups attached to an aromatic ring is 1. The molecule has 0 radical (unpaired) electrons. The van der Waals surface area contributed by atoms with Crippen molar-refractivity contribution in [1.82, 2.24) is 25.2 Å². The molecule has 6 nitrogen and oxygen atoms in total. The molecule has 2 aromatic heterocycles. The summed E-state index contributed by atoms with van der Waals surface area (Å²) in [6, 6.07) is 1.71. The number of hydrogen-bond acceptors (Lipinski definition) is 4. The second kappa shape index (κ2) is 2.33. The van der Waals surface area contributed by atoms with E-state index in [1.165, 1.54) is 4.80 Å². The lowest BCUT2D eigenvalue weighted by Gasteiger charge is -1.84. The van der Waals surface area contributed by atoms with Crippen LogP contribution in [0.1, 0.15) is 0 Å². The second-order valence-corrected chi connectivity index (χ2v) is 2.43. The molecule has 0 aromatic carbocycles. The lowest BCUT2D eigenvalue weighted by atomic mass is 10.3. The van der Waals surface area contributed by atoms with Crippen LogP contribution in [0, 0.1) is 0 Å². The fourth-order valence-electron chi connectivity index (χ4n) is 0.938. The third-order valence-electron chi connectivity index (χ3n) is 1.47. The number of H-pyrrole nitrogens is 1. The van der Waals surface area contributed by atoms with Crippen molar-refractivity contribution in [2.24, 2.45) is 7.05 Å². The van der Waals surface area contributed by atoms with Crippen LogP contribution in [0.25, 0.3) is 11.4 Å². The van der Waals surface area contributed by atoms with E-state index in [1.807, 2.05) is 0 Å². The number of aromatic nitrogens is 5. The number of aryl methyl sites for hydroxylation is 1. The number of nitrogens with zero attached hydrogens (tertiary/aromatic N) is 4. The van der Waals surface area contributed by atoms with Gasteiger partial charge < -0.3 is 5.73 Å². The van der Waals surface area contributed by atoms with E-state index in [1.54, 1.807) is 19.3 Å². The number of nitrogens with one attached hydrogen (secondary N) is 1. The molecule has 2 heterocycles. The van der Waals surface area contributed by atoms with Crippen molar-refractivity contribution < 1.29 is 0 Å². The van der Waals surface area contributed by atoms with Gasteiger partial charge in [0, 0.05) is 13.1 Å². The standard InChI is InChI=1S/C6H8N6/c1-12-8-3-5(11-12)4-2-6(7)10-9-4/h2-3H,1H3,(H3,7,9,10). The van der Waals surface area contributed by atoms with Crippen LogP contribution in [-0.2, 0) is 7.05 Å². The average molecular weight is 164 g/mol. The van der Waals surface area contributed by atoms with Gasteiger partial charge in [-0.3, -0.25) is 5.10 Å². The van der Waals surface area contributed by atoms with E-state index in [4.69, 9.17) is 5.73 Å². The van der Waals surface area contributed by atoms with E-state index in [-0.39, 0.29) is 0 Å². The van der Waals surface area contributed by atoms with E-state index in [0.717, 1.165) is 11.4 Å². The van der Waals surface area contributed by atoms with Crippen LogP contribution in [0.15, 0.2) is 12.3 Å². The quantitative estimate of drug-likeness (QED) is 0.610. The van der Waals surface area contributed by atoms with Crippen molar-refractivity contribution in [2.45, 2.75) is 0 Å². The van der Waals surface area contributed by atoms with E-state index < -0.39 is 0 Å². The largest absolute Gasteiger partial charge is 0.382 e. The SMILES string of the molecule is Cn1ncc(-c2cc(N)n[nH]2)n1. The minimum atomic E-state index is 0.454. The third-order valence-corrected chi connectivity index (χ3v) is 1.47. The van der Waals surface area contributed by atoms with Crippen LogP contribution in [0.5, 0.6) is 0 Å². The summed E-state index contributed by atoms with van der Waals surface area (Å²) >= 11 is 0. The maximum Gasteiger partial charge on any atom is 0.145 e. The Balaban J connectivity index is 2.43. The van der Waals surface area contributed by atoms with Gasteiger partial charge in [0.25, 0.3) is 0 Å². The Labute approximate surface area is 68.4 Å². The van der Waals surface area contributed by atoms with Crippen molar-refractivity contribution in [3.63, 3.8) is 0 Å². The molecule has 0 fully saturated rings. The van der Waals surface area contributed by atoms with E-state index in [9.17, 15) is 0 Å². The molecule has 62 valence electrons. The summed E-state index contributed by atoms with van der Waals surface area (Å²) in [5.74, 6) is 0.454. The van der Waals surface area contributed by atoms with Crippen molar-refractivity contribution in [3.05, 3.63) is 12.3 Å². The maximum absolute atomic E-state index is 5.43. The highest BCUT2D eigenvalue weighted by atomic mass is 15.4. The number of aromatic amines is 1. The molecule has 0 unspecified atom stereocenters. The molecule has 0 aliphatic carbocycles. The van der Waals surface area contributed by atoms with E-state index >= 15 is 0 Å². The zero-order valence-electron chi connectivity index (χ0n) is 6.52. The Morgan fingerprint density at radius 3 is 2.92 bits per heavy atom. The summed E-state index contributed by atoms with van der Waals surface area (Å²) < 4.78 is 0. The molecule has 0 aliphatic heterocycles. The molecule has 2 aromatic rings. The first kappa shape index (κ1) is 6.84. The van der Waals surface area contributed by atoms with E-state index in [0.29, 0.717) is 5.82 Å². The highest BCUT2D eigenvalue weighted by molar-refractivity contribution is 5.55. The monoisotopic (exact) mass is 164 g/mol. The van der Waals surface area contributed by atoms with Gasteiger partial charge in [0.05, 0.1) is 11.9 Å². The lowest BCUT2D eigenvalue weighted by Crippen LogP contribution is -1.91. The normalized spacial score (nSPS) is 10.4. The summed E-state index contributed by atoms with van der Waals surface area (Å²) in [6.07, 6.45) is 1.65. The van der Waals surface area contributed by atoms with Crippen LogP contribution in [-0.4, -0.2) is 25.2 Å². The summed E-state index contributed by atoms with van der Waals surface area (Å²) in [5, 5.41) is 14.5. The van der Waals surface area contributed by atoms with Crippen molar-refractivity contribution in [3.8, 4) is 11.4 Å². The topological polar surface area (TPSA) is 85.4 Å². The minimum Gasteiger partial charge on any atom is -0.382 e. The fraction of sp³-hybridized carbons (Fsp3) is 0.167. The zero-order chi connectivity index (χ0) is 8.55. The molecule has 2 rings (SSSR count). The van der Waals surface area contributed by atoms with Gasteiger partial charge in [-0.25, -0.2) is 0 Å². The first-order valence-corrected chi connectivity index (χ1v) is 3.43. The molecule has 0 bridgehead atoms. The predicted molar refractivity (Wildman–Crippen MR) is 43.0 cm³/mol. The first-order chi connectivity index (χ1) is 5.75. The Morgan fingerprint density at radius 1 is 1.58 bits per heavy atom. The van der Waals surface area contributed by atoms with Gasteiger partial charge in [-0.15, -0.1) is 0 Å². The Morgan fingerprint density at radius 2 is 2.42 bits per heavy atom. The summed E-state index contributed by atoms with van der Waals surface area (Å²) in [7, 11) is 1.75. The highest BCUT2D eigenvalue weighted by Gasteiger charge is 2.04. The molecular formula is C6H8N6. The predicted octanol–water partition coefficient (Wildman–Crippen LogP) is -0.213. The number of anilines is 1. The molecule has 6 heteroatoms. The number of rotatable bonds is 1. The van der Waals surface area contributed by atoms with Gasteiger partial charge in [0.2, 0.25) is 0 Å². The molecule has 0 saturated carbocycles. The van der Waals surface area contributed by atoms with Gasteiger partial charge in [-0.2, -0.15) is 20.1 Å². The van der Waals surface area contributed by atoms with Gasteiger partial charge in [0.1, 0.15) is 11.5 Å². The number of nitrogens with two attached hydrogens (primary N) is 1. The molecule has 12 heavy (non-hydrogen) atoms. The maximum atomic E-state index is 5.43. The van der Waals surface area contributed by atoms with Crippen molar-refractivity contribution in [1.29, 1.82) is 0 Å². The van der Waals surface area contributed by atoms with Crippen LogP contribution < -0.4 is 5.73 Å². The summed E-state index contributed by atoms with van der Waals surface area (Å²) in [6.45, 7) is 0. The molecule has 0 atom stereocenters. The smallest absolute Gasteiger partial charge is 0.145 e. The van der Waals surface area contributed by atoms with Gasteiger partial charge in [-0.05, 0) is 0 Å². The molecule has 3 N–H and O–H groups in total. The van der Waals surface area contributed by atoms with Crippen LogP contribution >= 0.6 is 0 Å². The van der Waals surface area contributed by atoms with Crippen LogP contribution in [0.2, 0.25) is 0 Å². The van der Waals surface area contributed by atoms with E-state index in [2.05, 4.69) is 20.4 Å². The Bertz CT molecular complexity index is 348. The number of hydrogen-bond donors (Lipinski definition) is 2. The van der Waals surface area contributed by atoms with Crippen LogP contribution in [0.3, 0.4) is 0 Å². The first-order valence-electron chi connectivity index (χ1n) is 3.43. The average Bonchev–Trinajstić information content (AvgIpc) is 2.58. The van der Waals surface area contributed by atoms with Crippen molar-refractivity contribution >= 4 is 5.82 Å². The summed E-state index contributed by atoms with van der Waals surface area (Å²) in [5.41, 5.74) is 6.94. The lowest BCUT2D eigenvalue weighted by molar-refractivity contribution is 0.655. The Hall–Kier alpha value is -1.85. The zero-order valence-corrected chi connectivity index (χ0v) is 6.52. The molecule has 0 saturated heterocycles. The third kappa shape index (κ3) is 1.03. The van der Waals surface area contributed by atoms with Gasteiger partial charge in [0.15, 0.2) is 0 Å². The Kier molecular flexibility index (Phi) is 1.33. The van der Waals surface area contributed by atoms with Crippen LogP contribution in [0.4, 0.5) is 5.82 Å². The van der Waals surface area contributed by atoms with Crippen molar-refractivity contribution in [2.75, 3.05) is 5.73 Å². The van der Waals surface area contributed by atoms with Gasteiger partial charge in [-0.1, -0.05) is 0 Å². The van der Waals surface area contributed by atoms with Gasteiger partial charge >= 0.3 is 0 Å². The molecule has 0 amide bonds. The fourth-order valence-corrected chi connectivity index (χ4v) is 0.938. The highest BCUT2D eigenvalue weighted by Crippen LogP contribution is 2.13. The molecular weight excluding hydrogens is 156 g/mol. The second-order valence-electron chi connectivity index (χ2n) is 2.43. The molecule has 0 aliphatic rings. The minimum absolute atomic E-state index is 0.454. The summed E-state index contributed by atoms with van der Waals surface area (Å²) in [4.78, 5) is 1.48.